The van der Waals surface area contributed by atoms with Crippen LogP contribution in [0.3, 0.4) is 0 Å². The van der Waals surface area contributed by atoms with E-state index < -0.39 is 5.97 Å². The number of rotatable bonds is 3. The normalized spacial score (nSPS) is 11.0. The molecule has 0 aliphatic rings. The summed E-state index contributed by atoms with van der Waals surface area (Å²) in [5.74, 6) is -0.551. The molecule has 0 saturated heterocycles. The molecule has 0 bridgehead atoms. The third-order valence-electron chi connectivity index (χ3n) is 4.49. The van der Waals surface area contributed by atoms with E-state index in [1.54, 1.807) is 16.8 Å². The summed E-state index contributed by atoms with van der Waals surface area (Å²) >= 11 is 3.54. The van der Waals surface area contributed by atoms with Crippen molar-refractivity contribution in [1.82, 2.24) is 9.55 Å². The average molecular weight is 423 g/mol. The smallest absolute Gasteiger partial charge is 0.354 e. The van der Waals surface area contributed by atoms with Crippen molar-refractivity contribution in [2.24, 2.45) is 0 Å². The second kappa shape index (κ2) is 6.96. The lowest BCUT2D eigenvalue weighted by Crippen LogP contribution is -2.20. The van der Waals surface area contributed by atoms with E-state index in [2.05, 4.69) is 20.9 Å². The van der Waals surface area contributed by atoms with Crippen molar-refractivity contribution in [2.45, 2.75) is 6.54 Å². The van der Waals surface area contributed by atoms with Crippen molar-refractivity contribution in [3.05, 3.63) is 86.7 Å². The maximum absolute atomic E-state index is 12.5. The summed E-state index contributed by atoms with van der Waals surface area (Å²) in [6.45, 7) is 0.373. The third-order valence-corrected chi connectivity index (χ3v) is 4.95. The van der Waals surface area contributed by atoms with E-state index in [0.717, 1.165) is 20.9 Å². The number of pyridine rings is 2. The quantitative estimate of drug-likeness (QED) is 0.465. The molecule has 0 spiro atoms. The molecule has 0 saturated carbocycles. The van der Waals surface area contributed by atoms with Gasteiger partial charge in [-0.25, -0.2) is 4.79 Å². The number of hydrogen-bond donors (Lipinski definition) is 0. The van der Waals surface area contributed by atoms with Gasteiger partial charge in [-0.1, -0.05) is 34.1 Å². The highest BCUT2D eigenvalue weighted by Gasteiger charge is 2.17. The number of hydrogen-bond acceptors (Lipinski definition) is 4. The fourth-order valence-electron chi connectivity index (χ4n) is 3.29. The topological polar surface area (TPSA) is 61.2 Å². The summed E-state index contributed by atoms with van der Waals surface area (Å²) in [5.41, 5.74) is 2.46. The van der Waals surface area contributed by atoms with Gasteiger partial charge in [-0.05, 0) is 35.9 Å². The molecule has 0 unspecified atom stereocenters. The van der Waals surface area contributed by atoms with Gasteiger partial charge in [0.25, 0.3) is 0 Å². The minimum absolute atomic E-state index is 0.209. The standard InChI is InChI=1S/C21H15BrN2O3/c1-27-21(26)18-11-19(25)16-6-2-3-7-17(16)24(18)12-14-10-15(22)9-13-5-4-8-23-20(13)14/h2-11H,12H2,1H3. The number of esters is 1. The van der Waals surface area contributed by atoms with E-state index in [0.29, 0.717) is 17.4 Å². The van der Waals surface area contributed by atoms with Crippen molar-refractivity contribution in [2.75, 3.05) is 7.11 Å². The van der Waals surface area contributed by atoms with Crippen LogP contribution in [0.1, 0.15) is 16.1 Å². The molecule has 0 amide bonds. The largest absolute Gasteiger partial charge is 0.464 e. The van der Waals surface area contributed by atoms with Crippen LogP contribution in [0.2, 0.25) is 0 Å². The first-order chi connectivity index (χ1) is 13.1. The molecule has 0 atom stereocenters. The molecule has 0 aliphatic heterocycles. The van der Waals surface area contributed by atoms with Gasteiger partial charge < -0.3 is 9.30 Å². The van der Waals surface area contributed by atoms with Gasteiger partial charge in [0, 0.05) is 27.5 Å². The predicted molar refractivity (Wildman–Crippen MR) is 108 cm³/mol. The zero-order chi connectivity index (χ0) is 19.0. The Morgan fingerprint density at radius 3 is 2.78 bits per heavy atom. The van der Waals surface area contributed by atoms with Crippen LogP contribution >= 0.6 is 15.9 Å². The van der Waals surface area contributed by atoms with E-state index in [1.807, 2.05) is 42.5 Å². The molecule has 2 aromatic heterocycles. The first kappa shape index (κ1) is 17.4. The number of nitrogens with zero attached hydrogens (tertiary/aromatic N) is 2. The lowest BCUT2D eigenvalue weighted by atomic mass is 10.1. The van der Waals surface area contributed by atoms with E-state index in [4.69, 9.17) is 4.74 Å². The Morgan fingerprint density at radius 2 is 1.96 bits per heavy atom. The molecule has 4 aromatic rings. The van der Waals surface area contributed by atoms with Crippen LogP contribution in [0.4, 0.5) is 0 Å². The summed E-state index contributed by atoms with van der Waals surface area (Å²) < 4.78 is 7.63. The lowest BCUT2D eigenvalue weighted by molar-refractivity contribution is 0.0588. The fraction of sp³-hybridized carbons (Fsp3) is 0.0952. The Hall–Kier alpha value is -2.99. The number of carbonyl (C=O) groups is 1. The number of methoxy groups -OCH3 is 1. The Balaban J connectivity index is 2.01. The van der Waals surface area contributed by atoms with Gasteiger partial charge in [-0.15, -0.1) is 0 Å². The molecule has 0 N–H and O–H groups in total. The monoisotopic (exact) mass is 422 g/mol. The van der Waals surface area contributed by atoms with Crippen LogP contribution < -0.4 is 5.43 Å². The van der Waals surface area contributed by atoms with Crippen molar-refractivity contribution >= 4 is 43.7 Å². The van der Waals surface area contributed by atoms with E-state index in [-0.39, 0.29) is 11.1 Å². The Labute approximate surface area is 163 Å². The first-order valence-corrected chi connectivity index (χ1v) is 9.12. The van der Waals surface area contributed by atoms with Crippen molar-refractivity contribution < 1.29 is 9.53 Å². The van der Waals surface area contributed by atoms with E-state index >= 15 is 0 Å². The van der Waals surface area contributed by atoms with Gasteiger partial charge in [-0.3, -0.25) is 9.78 Å². The summed E-state index contributed by atoms with van der Waals surface area (Å²) in [5, 5.41) is 1.55. The van der Waals surface area contributed by atoms with E-state index in [9.17, 15) is 9.59 Å². The van der Waals surface area contributed by atoms with Crippen LogP contribution in [0.25, 0.3) is 21.8 Å². The Kier molecular flexibility index (Phi) is 4.49. The van der Waals surface area contributed by atoms with Crippen LogP contribution in [-0.4, -0.2) is 22.6 Å². The number of ether oxygens (including phenoxy) is 1. The molecular formula is C21H15BrN2O3. The molecule has 0 fully saturated rings. The second-order valence-electron chi connectivity index (χ2n) is 6.13. The van der Waals surface area contributed by atoms with Crippen LogP contribution in [0.15, 0.2) is 70.1 Å². The van der Waals surface area contributed by atoms with Gasteiger partial charge in [0.05, 0.1) is 24.7 Å². The summed E-state index contributed by atoms with van der Waals surface area (Å²) in [4.78, 5) is 29.3. The van der Waals surface area contributed by atoms with Crippen LogP contribution in [0, 0.1) is 0 Å². The molecule has 2 aromatic carbocycles. The molecule has 0 aliphatic carbocycles. The number of aromatic nitrogens is 2. The number of halogens is 1. The highest BCUT2D eigenvalue weighted by molar-refractivity contribution is 9.10. The van der Waals surface area contributed by atoms with Crippen molar-refractivity contribution in [1.29, 1.82) is 0 Å². The van der Waals surface area contributed by atoms with Crippen LogP contribution in [0.5, 0.6) is 0 Å². The molecule has 5 nitrogen and oxygen atoms in total. The minimum atomic E-state index is -0.551. The van der Waals surface area contributed by atoms with Gasteiger partial charge in [-0.2, -0.15) is 0 Å². The molecule has 6 heteroatoms. The molecule has 0 radical (unpaired) electrons. The summed E-state index contributed by atoms with van der Waals surface area (Å²) in [6.07, 6.45) is 1.74. The van der Waals surface area contributed by atoms with Gasteiger partial charge in [0.1, 0.15) is 5.69 Å². The third kappa shape index (κ3) is 3.13. The molecule has 2 heterocycles. The maximum Gasteiger partial charge on any atom is 0.354 e. The Bertz CT molecular complexity index is 1250. The number of fused-ring (bicyclic) bond motifs is 2. The average Bonchev–Trinajstić information content (AvgIpc) is 2.69. The highest BCUT2D eigenvalue weighted by Crippen LogP contribution is 2.25. The molecule has 4 rings (SSSR count). The van der Waals surface area contributed by atoms with E-state index in [1.165, 1.54) is 13.2 Å². The van der Waals surface area contributed by atoms with Crippen LogP contribution in [-0.2, 0) is 11.3 Å². The zero-order valence-electron chi connectivity index (χ0n) is 14.5. The lowest BCUT2D eigenvalue weighted by Gasteiger charge is -2.17. The predicted octanol–water partition coefficient (Wildman–Crippen LogP) is 4.15. The summed E-state index contributed by atoms with van der Waals surface area (Å²) in [6, 6.07) is 16.4. The maximum atomic E-state index is 12.5. The Morgan fingerprint density at radius 1 is 1.15 bits per heavy atom. The highest BCUT2D eigenvalue weighted by atomic mass is 79.9. The number of para-hydroxylation sites is 1. The zero-order valence-corrected chi connectivity index (χ0v) is 16.1. The SMILES string of the molecule is COC(=O)c1cc(=O)c2ccccc2n1Cc1cc(Br)cc2cccnc12. The number of benzene rings is 2. The summed E-state index contributed by atoms with van der Waals surface area (Å²) in [7, 11) is 1.31. The molecule has 27 heavy (non-hydrogen) atoms. The second-order valence-corrected chi connectivity index (χ2v) is 7.04. The first-order valence-electron chi connectivity index (χ1n) is 8.32. The van der Waals surface area contributed by atoms with Crippen molar-refractivity contribution in [3.63, 3.8) is 0 Å². The minimum Gasteiger partial charge on any atom is -0.464 e. The van der Waals surface area contributed by atoms with Crippen molar-refractivity contribution in [3.8, 4) is 0 Å². The number of carbonyl (C=O) groups excluding carboxylic acids is 1. The van der Waals surface area contributed by atoms with Gasteiger partial charge in [0.15, 0.2) is 5.43 Å². The molecule has 134 valence electrons. The fourth-order valence-corrected chi connectivity index (χ4v) is 3.81. The van der Waals surface area contributed by atoms with Gasteiger partial charge >= 0.3 is 5.97 Å². The van der Waals surface area contributed by atoms with Gasteiger partial charge in [0.2, 0.25) is 0 Å². The molecular weight excluding hydrogens is 408 g/mol.